The van der Waals surface area contributed by atoms with E-state index in [0.717, 1.165) is 50.9 Å². The van der Waals surface area contributed by atoms with E-state index in [0.29, 0.717) is 24.1 Å². The van der Waals surface area contributed by atoms with Crippen LogP contribution in [0.5, 0.6) is 0 Å². The smallest absolute Gasteiger partial charge is 0.252 e. The summed E-state index contributed by atoms with van der Waals surface area (Å²) in [6.07, 6.45) is 10.3. The Morgan fingerprint density at radius 1 is 1.39 bits per heavy atom. The zero-order chi connectivity index (χ0) is 21.5. The van der Waals surface area contributed by atoms with Crippen LogP contribution in [0.4, 0.5) is 0 Å². The maximum atomic E-state index is 12.3. The summed E-state index contributed by atoms with van der Waals surface area (Å²) in [6.45, 7) is 9.72. The molecule has 168 valence electrons. The highest BCUT2D eigenvalue weighted by molar-refractivity contribution is 5.93. The number of carbonyl (C=O) groups is 1. The van der Waals surface area contributed by atoms with Crippen LogP contribution < -0.4 is 5.32 Å². The van der Waals surface area contributed by atoms with Gasteiger partial charge in [0.1, 0.15) is 5.60 Å². The van der Waals surface area contributed by atoms with Crippen LogP contribution in [0.15, 0.2) is 36.2 Å². The summed E-state index contributed by atoms with van der Waals surface area (Å²) in [5, 5.41) is 3.01. The molecule has 4 atom stereocenters. The molecule has 1 aromatic heterocycles. The molecule has 1 spiro atoms. The number of hydrogen-bond acceptors (Lipinski definition) is 5. The predicted octanol–water partition coefficient (Wildman–Crippen LogP) is 3.05. The number of carbonyl (C=O) groups excluding carboxylic acids is 1. The number of nitrogens with zero attached hydrogens (tertiary/aromatic N) is 2. The number of aromatic nitrogens is 1. The van der Waals surface area contributed by atoms with Crippen LogP contribution in [0.3, 0.4) is 0 Å². The summed E-state index contributed by atoms with van der Waals surface area (Å²) in [4.78, 5) is 18.9. The molecule has 1 saturated carbocycles. The molecule has 6 rings (SSSR count). The first kappa shape index (κ1) is 21.1. The molecule has 0 unspecified atom stereocenters. The molecule has 1 amide bonds. The fourth-order valence-corrected chi connectivity index (χ4v) is 6.10. The molecule has 1 N–H and O–H groups in total. The van der Waals surface area contributed by atoms with Gasteiger partial charge < -0.3 is 14.8 Å². The van der Waals surface area contributed by atoms with Crippen molar-refractivity contribution in [2.75, 3.05) is 39.4 Å². The summed E-state index contributed by atoms with van der Waals surface area (Å²) in [5.74, 6) is 1.52. The Morgan fingerprint density at radius 3 is 3.06 bits per heavy atom. The maximum Gasteiger partial charge on any atom is 0.252 e. The second kappa shape index (κ2) is 8.30. The summed E-state index contributed by atoms with van der Waals surface area (Å²) < 4.78 is 12.5. The molecule has 0 aromatic carbocycles. The van der Waals surface area contributed by atoms with E-state index >= 15 is 0 Å². The monoisotopic (exact) mass is 425 g/mol. The largest absolute Gasteiger partial charge is 0.377 e. The van der Waals surface area contributed by atoms with E-state index in [9.17, 15) is 4.79 Å². The predicted molar refractivity (Wildman–Crippen MR) is 119 cm³/mol. The van der Waals surface area contributed by atoms with Gasteiger partial charge in [-0.2, -0.15) is 0 Å². The van der Waals surface area contributed by atoms with Gasteiger partial charge in [-0.3, -0.25) is 14.7 Å². The Hall–Kier alpha value is -1.76. The second-order valence-electron chi connectivity index (χ2n) is 10.5. The minimum atomic E-state index is -0.257. The SMILES string of the molecule is CC1(C)[C@H]2CC=C(CN3CCOC[C@@]4(CC[C@H](CNC(=O)c5cccnc5)O4)C3)[C@@H]1C2. The molecule has 6 nitrogen and oxygen atoms in total. The van der Waals surface area contributed by atoms with E-state index < -0.39 is 0 Å². The Balaban J connectivity index is 1.17. The molecule has 2 bridgehead atoms. The van der Waals surface area contributed by atoms with Crippen molar-refractivity contribution in [3.05, 3.63) is 41.7 Å². The quantitative estimate of drug-likeness (QED) is 0.735. The number of fused-ring (bicyclic) bond motifs is 1. The van der Waals surface area contributed by atoms with Crippen molar-refractivity contribution in [1.82, 2.24) is 15.2 Å². The molecule has 3 aliphatic carbocycles. The summed E-state index contributed by atoms with van der Waals surface area (Å²) >= 11 is 0. The fraction of sp³-hybridized carbons (Fsp3) is 0.680. The van der Waals surface area contributed by atoms with Crippen LogP contribution in [0, 0.1) is 17.3 Å². The lowest BCUT2D eigenvalue weighted by Gasteiger charge is -2.57. The third-order valence-corrected chi connectivity index (χ3v) is 8.17. The first-order valence-corrected chi connectivity index (χ1v) is 11.8. The Morgan fingerprint density at radius 2 is 2.29 bits per heavy atom. The minimum Gasteiger partial charge on any atom is -0.377 e. The van der Waals surface area contributed by atoms with Gasteiger partial charge >= 0.3 is 0 Å². The highest BCUT2D eigenvalue weighted by atomic mass is 16.6. The average Bonchev–Trinajstić information content (AvgIpc) is 3.07. The highest BCUT2D eigenvalue weighted by Gasteiger charge is 2.51. The zero-order valence-corrected chi connectivity index (χ0v) is 18.8. The van der Waals surface area contributed by atoms with Gasteiger partial charge in [0.15, 0.2) is 0 Å². The van der Waals surface area contributed by atoms with Crippen molar-refractivity contribution in [3.63, 3.8) is 0 Å². The Labute approximate surface area is 185 Å². The third kappa shape index (κ3) is 4.18. The van der Waals surface area contributed by atoms with Crippen LogP contribution in [0.25, 0.3) is 0 Å². The molecule has 1 aromatic rings. The van der Waals surface area contributed by atoms with Crippen LogP contribution in [0.1, 0.15) is 49.9 Å². The lowest BCUT2D eigenvalue weighted by Crippen LogP contribution is -2.51. The van der Waals surface area contributed by atoms with Crippen molar-refractivity contribution in [3.8, 4) is 0 Å². The van der Waals surface area contributed by atoms with E-state index in [4.69, 9.17) is 9.47 Å². The van der Waals surface area contributed by atoms with Crippen molar-refractivity contribution >= 4 is 5.91 Å². The average molecular weight is 426 g/mol. The minimum absolute atomic E-state index is 0.0318. The van der Waals surface area contributed by atoms with Crippen molar-refractivity contribution in [2.45, 2.75) is 51.2 Å². The second-order valence-corrected chi connectivity index (χ2v) is 10.5. The van der Waals surface area contributed by atoms with Gasteiger partial charge in [0.2, 0.25) is 0 Å². The number of pyridine rings is 1. The fourth-order valence-electron chi connectivity index (χ4n) is 6.10. The van der Waals surface area contributed by atoms with Crippen LogP contribution >= 0.6 is 0 Å². The number of rotatable bonds is 5. The molecular weight excluding hydrogens is 390 g/mol. The molecule has 6 heteroatoms. The molecular formula is C25H35N3O3. The summed E-state index contributed by atoms with van der Waals surface area (Å²) in [6, 6.07) is 3.56. The standard InChI is InChI=1S/C25H35N3O3/c1-24(2)20-6-5-19(22(24)12-20)15-28-10-11-30-17-25(16-28)8-7-21(31-25)14-27-23(29)18-4-3-9-26-13-18/h3-5,9,13,20-22H,6-8,10-12,14-17H2,1-2H3,(H,27,29)/t20-,21+,22-,25+/m0/s1. The lowest BCUT2D eigenvalue weighted by molar-refractivity contribution is -0.0846. The molecule has 0 radical (unpaired) electrons. The van der Waals surface area contributed by atoms with Gasteiger partial charge in [-0.1, -0.05) is 25.5 Å². The normalized spacial score (nSPS) is 34.6. The van der Waals surface area contributed by atoms with Gasteiger partial charge in [-0.15, -0.1) is 0 Å². The maximum absolute atomic E-state index is 12.3. The van der Waals surface area contributed by atoms with Gasteiger partial charge in [-0.25, -0.2) is 0 Å². The van der Waals surface area contributed by atoms with Gasteiger partial charge in [0.25, 0.3) is 5.91 Å². The number of ether oxygens (including phenoxy) is 2. The topological polar surface area (TPSA) is 63.7 Å². The van der Waals surface area contributed by atoms with E-state index in [1.807, 2.05) is 0 Å². The molecule has 5 aliphatic rings. The number of nitrogens with one attached hydrogen (secondary N) is 1. The van der Waals surface area contributed by atoms with E-state index in [2.05, 4.69) is 35.1 Å². The van der Waals surface area contributed by atoms with Gasteiger partial charge in [-0.05, 0) is 55.1 Å². The summed E-state index contributed by atoms with van der Waals surface area (Å²) in [7, 11) is 0. The number of amides is 1. The van der Waals surface area contributed by atoms with Gasteiger partial charge in [0, 0.05) is 38.6 Å². The molecule has 3 fully saturated rings. The lowest BCUT2D eigenvalue weighted by atomic mass is 9.49. The van der Waals surface area contributed by atoms with E-state index in [1.165, 1.54) is 12.8 Å². The van der Waals surface area contributed by atoms with Crippen LogP contribution in [-0.4, -0.2) is 66.9 Å². The Bertz CT molecular complexity index is 840. The highest BCUT2D eigenvalue weighted by Crippen LogP contribution is 2.59. The first-order chi connectivity index (χ1) is 15.0. The van der Waals surface area contributed by atoms with Crippen LogP contribution in [0.2, 0.25) is 0 Å². The summed E-state index contributed by atoms with van der Waals surface area (Å²) in [5.41, 5.74) is 2.42. The van der Waals surface area contributed by atoms with E-state index in [1.54, 1.807) is 30.1 Å². The van der Waals surface area contributed by atoms with Crippen LogP contribution in [-0.2, 0) is 9.47 Å². The number of allylic oxidation sites excluding steroid dienone is 1. The Kier molecular flexibility index (Phi) is 5.65. The molecule has 2 aliphatic heterocycles. The zero-order valence-electron chi connectivity index (χ0n) is 18.8. The van der Waals surface area contributed by atoms with Crippen molar-refractivity contribution < 1.29 is 14.3 Å². The third-order valence-electron chi connectivity index (χ3n) is 8.17. The van der Waals surface area contributed by atoms with E-state index in [-0.39, 0.29) is 17.6 Å². The van der Waals surface area contributed by atoms with Crippen molar-refractivity contribution in [2.24, 2.45) is 17.3 Å². The van der Waals surface area contributed by atoms with Gasteiger partial charge in [0.05, 0.1) is 24.9 Å². The van der Waals surface area contributed by atoms with Crippen molar-refractivity contribution in [1.29, 1.82) is 0 Å². The first-order valence-electron chi connectivity index (χ1n) is 11.8. The molecule has 3 heterocycles. The molecule has 2 saturated heterocycles. The number of hydrogen-bond donors (Lipinski definition) is 1. The molecule has 31 heavy (non-hydrogen) atoms.